The Morgan fingerprint density at radius 1 is 0.815 bits per heavy atom. The lowest BCUT2D eigenvalue weighted by molar-refractivity contribution is -0.147. The standard InChI is InChI=1S/C40H74N8O6/c1-7-8-9-16-21-33-28(5)40(53)48(6)32(23-26(2)3)38(51)47-35(29-18-13-12-14-19-29)39(52)46-31(24-41)37(50)45-30(36(49)44-27(4)25-54-33)20-15-10-11-17-22-34(42)43/h26-33,35H,7-25,41H2,1-6H3,(H3,42,43)(H,44,49)(H,45,50)(H,46,52)(H,47,51)/t27-,28-,30+,31+,32+,33-,35+/m1/s1. The first-order chi connectivity index (χ1) is 25.7. The number of ether oxygens (including phenoxy) is 1. The molecule has 1 aliphatic heterocycles. The molecule has 0 bridgehead atoms. The summed E-state index contributed by atoms with van der Waals surface area (Å²) in [5, 5.41) is 19.1. The first kappa shape index (κ1) is 46.9. The van der Waals surface area contributed by atoms with Gasteiger partial charge in [0.25, 0.3) is 0 Å². The quantitative estimate of drug-likeness (QED) is 0.0697. The molecular weight excluding hydrogens is 688 g/mol. The number of amidine groups is 1. The van der Waals surface area contributed by atoms with Crippen molar-refractivity contribution in [2.24, 2.45) is 29.2 Å². The van der Waals surface area contributed by atoms with Crippen molar-refractivity contribution in [2.75, 3.05) is 20.2 Å². The second kappa shape index (κ2) is 25.0. The average Bonchev–Trinajstić information content (AvgIpc) is 3.14. The molecule has 14 heteroatoms. The van der Waals surface area contributed by atoms with Crippen molar-refractivity contribution >= 4 is 35.4 Å². The van der Waals surface area contributed by atoms with Crippen molar-refractivity contribution in [2.45, 2.75) is 180 Å². The normalized spacial score (nSPS) is 27.7. The maximum Gasteiger partial charge on any atom is 0.244 e. The summed E-state index contributed by atoms with van der Waals surface area (Å²) in [5.74, 6) is -2.59. The van der Waals surface area contributed by atoms with Crippen LogP contribution in [0.3, 0.4) is 0 Å². The van der Waals surface area contributed by atoms with Gasteiger partial charge in [-0.25, -0.2) is 0 Å². The van der Waals surface area contributed by atoms with Crippen LogP contribution in [0, 0.1) is 23.2 Å². The van der Waals surface area contributed by atoms with Gasteiger partial charge in [-0.1, -0.05) is 91.9 Å². The van der Waals surface area contributed by atoms with Crippen LogP contribution in [-0.4, -0.2) is 96.8 Å². The zero-order valence-electron chi connectivity index (χ0n) is 34.2. The highest BCUT2D eigenvalue weighted by molar-refractivity contribution is 5.96. The lowest BCUT2D eigenvalue weighted by Gasteiger charge is -2.36. The molecule has 14 nitrogen and oxygen atoms in total. The molecule has 0 unspecified atom stereocenters. The number of nitrogens with two attached hydrogens (primary N) is 2. The van der Waals surface area contributed by atoms with Crippen LogP contribution in [0.15, 0.2) is 0 Å². The first-order valence-electron chi connectivity index (χ1n) is 20.8. The van der Waals surface area contributed by atoms with Gasteiger partial charge in [-0.3, -0.25) is 29.4 Å². The number of likely N-dealkylation sites (N-methyl/N-ethyl adjacent to an activating group) is 1. The summed E-state index contributed by atoms with van der Waals surface area (Å²) >= 11 is 0. The molecule has 9 N–H and O–H groups in total. The smallest absolute Gasteiger partial charge is 0.244 e. The molecule has 0 aromatic heterocycles. The molecule has 2 rings (SSSR count). The SMILES string of the molecule is CCCCCC[C@H]1OC[C@@H](C)NC(=O)[C@H](CCCCCCC(=N)N)NC(=O)[C@H](CN)NC(=O)[C@H](C2CCCCC2)NC(=O)[C@H](CC(C)C)N(C)C(=O)[C@@H]1C. The Balaban J connectivity index is 2.50. The summed E-state index contributed by atoms with van der Waals surface area (Å²) in [6.07, 6.45) is 12.8. The number of hydrogen-bond donors (Lipinski definition) is 7. The van der Waals surface area contributed by atoms with Crippen molar-refractivity contribution in [3.8, 4) is 0 Å². The predicted octanol–water partition coefficient (Wildman–Crippen LogP) is 3.64. The van der Waals surface area contributed by atoms with Gasteiger partial charge in [0.1, 0.15) is 24.2 Å². The number of unbranched alkanes of at least 4 members (excludes halogenated alkanes) is 6. The van der Waals surface area contributed by atoms with Gasteiger partial charge in [-0.05, 0) is 57.3 Å². The molecule has 1 saturated carbocycles. The van der Waals surface area contributed by atoms with Gasteiger partial charge in [0.15, 0.2) is 0 Å². The Kier molecular flexibility index (Phi) is 21.7. The first-order valence-corrected chi connectivity index (χ1v) is 20.8. The number of nitrogens with one attached hydrogen (secondary N) is 5. The molecule has 0 spiro atoms. The molecule has 2 aliphatic rings. The molecule has 2 fully saturated rings. The molecule has 1 heterocycles. The summed E-state index contributed by atoms with van der Waals surface area (Å²) < 4.78 is 6.42. The molecule has 310 valence electrons. The van der Waals surface area contributed by atoms with E-state index in [2.05, 4.69) is 28.2 Å². The summed E-state index contributed by atoms with van der Waals surface area (Å²) in [6, 6.07) is -4.23. The fourth-order valence-corrected chi connectivity index (χ4v) is 7.59. The molecule has 54 heavy (non-hydrogen) atoms. The van der Waals surface area contributed by atoms with E-state index in [1.807, 2.05) is 27.7 Å². The highest BCUT2D eigenvalue weighted by Gasteiger charge is 2.39. The van der Waals surface area contributed by atoms with Crippen LogP contribution in [0.4, 0.5) is 0 Å². The van der Waals surface area contributed by atoms with Crippen LogP contribution in [0.1, 0.15) is 144 Å². The largest absolute Gasteiger partial charge is 0.388 e. The zero-order chi connectivity index (χ0) is 40.2. The van der Waals surface area contributed by atoms with E-state index in [-0.39, 0.29) is 42.6 Å². The van der Waals surface area contributed by atoms with Crippen molar-refractivity contribution in [3.05, 3.63) is 0 Å². The Morgan fingerprint density at radius 3 is 2.06 bits per heavy atom. The molecule has 1 saturated heterocycles. The van der Waals surface area contributed by atoms with Crippen molar-refractivity contribution in [1.29, 1.82) is 5.41 Å². The number of carbonyl (C=O) groups is 5. The molecule has 1 aliphatic carbocycles. The van der Waals surface area contributed by atoms with E-state index in [1.165, 1.54) is 4.90 Å². The third-order valence-electron chi connectivity index (χ3n) is 10.9. The summed E-state index contributed by atoms with van der Waals surface area (Å²) in [5.41, 5.74) is 11.6. The predicted molar refractivity (Wildman–Crippen MR) is 212 cm³/mol. The van der Waals surface area contributed by atoms with E-state index in [9.17, 15) is 24.0 Å². The maximum absolute atomic E-state index is 14.2. The fourth-order valence-electron chi connectivity index (χ4n) is 7.59. The van der Waals surface area contributed by atoms with Crippen LogP contribution < -0.4 is 32.7 Å². The number of carbonyl (C=O) groups excluding carboxylic acids is 5. The topological polar surface area (TPSA) is 222 Å². The van der Waals surface area contributed by atoms with Gasteiger partial charge in [-0.2, -0.15) is 0 Å². The van der Waals surface area contributed by atoms with E-state index in [0.29, 0.717) is 32.1 Å². The Hall–Kier alpha value is -3.26. The zero-order valence-corrected chi connectivity index (χ0v) is 34.2. The third-order valence-corrected chi connectivity index (χ3v) is 10.9. The maximum atomic E-state index is 14.2. The van der Waals surface area contributed by atoms with Gasteiger partial charge < -0.3 is 42.4 Å². The second-order valence-corrected chi connectivity index (χ2v) is 16.2. The number of rotatable bonds is 16. The lowest BCUT2D eigenvalue weighted by atomic mass is 9.83. The van der Waals surface area contributed by atoms with Crippen LogP contribution in [-0.2, 0) is 28.7 Å². The van der Waals surface area contributed by atoms with Crippen molar-refractivity contribution in [3.63, 3.8) is 0 Å². The number of hydrogen-bond acceptors (Lipinski definition) is 8. The van der Waals surface area contributed by atoms with Gasteiger partial charge in [0, 0.05) is 26.1 Å². The van der Waals surface area contributed by atoms with Crippen LogP contribution in [0.25, 0.3) is 0 Å². The molecular formula is C40H74N8O6. The minimum Gasteiger partial charge on any atom is -0.388 e. The third kappa shape index (κ3) is 16.2. The molecule has 7 atom stereocenters. The Morgan fingerprint density at radius 2 is 1.43 bits per heavy atom. The van der Waals surface area contributed by atoms with Crippen LogP contribution in [0.2, 0.25) is 0 Å². The lowest BCUT2D eigenvalue weighted by Crippen LogP contribution is -2.61. The summed E-state index contributed by atoms with van der Waals surface area (Å²) in [4.78, 5) is 71.5. The van der Waals surface area contributed by atoms with E-state index in [0.717, 1.165) is 77.0 Å². The molecule has 0 radical (unpaired) electrons. The minimum atomic E-state index is -1.14. The molecule has 0 aromatic rings. The van der Waals surface area contributed by atoms with Gasteiger partial charge in [0.05, 0.1) is 24.5 Å². The Labute approximate surface area is 324 Å². The number of amides is 5. The number of nitrogens with zero attached hydrogens (tertiary/aromatic N) is 1. The highest BCUT2D eigenvalue weighted by atomic mass is 16.5. The van der Waals surface area contributed by atoms with Crippen molar-refractivity contribution < 1.29 is 28.7 Å². The highest BCUT2D eigenvalue weighted by Crippen LogP contribution is 2.28. The van der Waals surface area contributed by atoms with E-state index in [4.69, 9.17) is 21.6 Å². The second-order valence-electron chi connectivity index (χ2n) is 16.2. The van der Waals surface area contributed by atoms with Crippen LogP contribution >= 0.6 is 0 Å². The molecule has 0 aromatic carbocycles. The summed E-state index contributed by atoms with van der Waals surface area (Å²) in [7, 11) is 1.65. The van der Waals surface area contributed by atoms with Gasteiger partial charge >= 0.3 is 0 Å². The summed E-state index contributed by atoms with van der Waals surface area (Å²) in [6.45, 7) is 9.74. The van der Waals surface area contributed by atoms with Crippen LogP contribution in [0.5, 0.6) is 0 Å². The minimum absolute atomic E-state index is 0.0826. The van der Waals surface area contributed by atoms with E-state index >= 15 is 0 Å². The van der Waals surface area contributed by atoms with E-state index < -0.39 is 60.0 Å². The van der Waals surface area contributed by atoms with Crippen molar-refractivity contribution in [1.82, 2.24) is 26.2 Å². The average molecular weight is 763 g/mol. The van der Waals surface area contributed by atoms with Gasteiger partial charge in [0.2, 0.25) is 29.5 Å². The Bertz CT molecular complexity index is 1190. The fraction of sp³-hybridized carbons (Fsp3) is 0.850. The van der Waals surface area contributed by atoms with Gasteiger partial charge in [-0.15, -0.1) is 0 Å². The monoisotopic (exact) mass is 763 g/mol. The van der Waals surface area contributed by atoms with E-state index in [1.54, 1.807) is 7.05 Å². The molecule has 5 amide bonds.